The number of hydrogen-bond acceptors (Lipinski definition) is 4. The molecule has 0 radical (unpaired) electrons. The van der Waals surface area contributed by atoms with Crippen LogP contribution in [0.5, 0.6) is 0 Å². The fraction of sp³-hybridized carbons (Fsp3) is 0.727. The summed E-state index contributed by atoms with van der Waals surface area (Å²) < 4.78 is 2.98. The Balaban J connectivity index is 2.78. The molecule has 0 fully saturated rings. The molecule has 0 saturated heterocycles. The molecule has 0 saturated carbocycles. The lowest BCUT2D eigenvalue weighted by molar-refractivity contribution is 0.345. The molecule has 0 aliphatic heterocycles. The maximum Gasteiger partial charge on any atom is 0.0707 e. The van der Waals surface area contributed by atoms with Crippen molar-refractivity contribution in [1.82, 2.24) is 19.6 Å². The molecular weight excluding hydrogens is 282 g/mol. The summed E-state index contributed by atoms with van der Waals surface area (Å²) in [6, 6.07) is -0.0240. The summed E-state index contributed by atoms with van der Waals surface area (Å²) in [5.74, 6) is 0. The smallest absolute Gasteiger partial charge is 0.0707 e. The maximum absolute atomic E-state index is 6.20. The number of rotatable bonds is 6. The second kappa shape index (κ2) is 6.49. The molecule has 0 bridgehead atoms. The summed E-state index contributed by atoms with van der Waals surface area (Å²) >= 11 is 3.52. The summed E-state index contributed by atoms with van der Waals surface area (Å²) in [4.78, 5) is 4.22. The largest absolute Gasteiger partial charge is 0.322 e. The highest BCUT2D eigenvalue weighted by atomic mass is 79.9. The molecule has 0 spiro atoms. The average Bonchev–Trinajstić information content (AvgIpc) is 2.55. The van der Waals surface area contributed by atoms with Crippen LogP contribution in [0.15, 0.2) is 10.7 Å². The molecule has 0 amide bonds. The third kappa shape index (κ3) is 4.39. The summed E-state index contributed by atoms with van der Waals surface area (Å²) in [6.45, 7) is 2.62. The van der Waals surface area contributed by atoms with Crippen molar-refractivity contribution in [3.8, 4) is 0 Å². The molecule has 1 aromatic rings. The van der Waals surface area contributed by atoms with E-state index in [2.05, 4.69) is 44.9 Å². The van der Waals surface area contributed by atoms with Gasteiger partial charge in [0.05, 0.1) is 29.0 Å². The summed E-state index contributed by atoms with van der Waals surface area (Å²) in [7, 11) is 8.15. The molecule has 0 aliphatic rings. The van der Waals surface area contributed by atoms with Gasteiger partial charge in [0, 0.05) is 13.1 Å². The van der Waals surface area contributed by atoms with Crippen LogP contribution in [0.3, 0.4) is 0 Å². The predicted octanol–water partition coefficient (Wildman–Crippen LogP) is 0.769. The van der Waals surface area contributed by atoms with Crippen LogP contribution >= 0.6 is 15.9 Å². The van der Waals surface area contributed by atoms with E-state index < -0.39 is 0 Å². The van der Waals surface area contributed by atoms with Crippen LogP contribution < -0.4 is 5.73 Å². The van der Waals surface area contributed by atoms with Gasteiger partial charge < -0.3 is 15.5 Å². The van der Waals surface area contributed by atoms with E-state index >= 15 is 0 Å². The van der Waals surface area contributed by atoms with Crippen LogP contribution in [0.4, 0.5) is 0 Å². The highest BCUT2D eigenvalue weighted by Crippen LogP contribution is 2.22. The number of hydrogen-bond donors (Lipinski definition) is 1. The standard InChI is InChI=1S/C11H22BrN5/c1-15(2)5-6-17-11(9(12)7-14-17)10(13)8-16(3)4/h7,10H,5-6,8,13H2,1-4H3. The topological polar surface area (TPSA) is 50.3 Å². The van der Waals surface area contributed by atoms with E-state index in [0.717, 1.165) is 29.8 Å². The lowest BCUT2D eigenvalue weighted by atomic mass is 10.2. The molecule has 1 rings (SSSR count). The lowest BCUT2D eigenvalue weighted by Crippen LogP contribution is -2.29. The van der Waals surface area contributed by atoms with Crippen molar-refractivity contribution in [2.75, 3.05) is 41.3 Å². The SMILES string of the molecule is CN(C)CCn1ncc(Br)c1C(N)CN(C)C. The molecule has 1 aromatic heterocycles. The number of nitrogens with two attached hydrogens (primary N) is 1. The van der Waals surface area contributed by atoms with Gasteiger partial charge in [-0.2, -0.15) is 5.10 Å². The van der Waals surface area contributed by atoms with Gasteiger partial charge in [0.25, 0.3) is 0 Å². The van der Waals surface area contributed by atoms with E-state index in [9.17, 15) is 0 Å². The van der Waals surface area contributed by atoms with Gasteiger partial charge in [-0.3, -0.25) is 4.68 Å². The molecule has 5 nitrogen and oxygen atoms in total. The lowest BCUT2D eigenvalue weighted by Gasteiger charge is -2.19. The van der Waals surface area contributed by atoms with Gasteiger partial charge in [0.2, 0.25) is 0 Å². The number of likely N-dealkylation sites (N-methyl/N-ethyl adjacent to an activating group) is 2. The Labute approximate surface area is 112 Å². The van der Waals surface area contributed by atoms with Crippen molar-refractivity contribution < 1.29 is 0 Å². The van der Waals surface area contributed by atoms with E-state index in [0.29, 0.717) is 0 Å². The van der Waals surface area contributed by atoms with E-state index in [1.807, 2.05) is 25.0 Å². The predicted molar refractivity (Wildman–Crippen MR) is 74.0 cm³/mol. The van der Waals surface area contributed by atoms with Crippen LogP contribution in [0.2, 0.25) is 0 Å². The molecule has 98 valence electrons. The minimum absolute atomic E-state index is 0.0240. The third-order valence-corrected chi connectivity index (χ3v) is 3.12. The van der Waals surface area contributed by atoms with Crippen LogP contribution in [0, 0.1) is 0 Å². The van der Waals surface area contributed by atoms with Gasteiger partial charge in [-0.1, -0.05) is 0 Å². The fourth-order valence-corrected chi connectivity index (χ4v) is 2.28. The molecule has 0 aromatic carbocycles. The Hall–Kier alpha value is -0.430. The van der Waals surface area contributed by atoms with Crippen molar-refractivity contribution in [1.29, 1.82) is 0 Å². The Bertz CT molecular complexity index is 348. The van der Waals surface area contributed by atoms with E-state index in [4.69, 9.17) is 5.73 Å². The maximum atomic E-state index is 6.20. The van der Waals surface area contributed by atoms with Gasteiger partial charge >= 0.3 is 0 Å². The fourth-order valence-electron chi connectivity index (χ4n) is 1.69. The number of nitrogens with zero attached hydrogens (tertiary/aromatic N) is 4. The van der Waals surface area contributed by atoms with Crippen LogP contribution in [0.25, 0.3) is 0 Å². The second-order valence-electron chi connectivity index (χ2n) is 4.77. The Kier molecular flexibility index (Phi) is 5.58. The van der Waals surface area contributed by atoms with Gasteiger partial charge in [-0.25, -0.2) is 0 Å². The summed E-state index contributed by atoms with van der Waals surface area (Å²) in [5.41, 5.74) is 7.27. The molecule has 1 unspecified atom stereocenters. The minimum atomic E-state index is -0.0240. The van der Waals surface area contributed by atoms with Crippen LogP contribution in [0.1, 0.15) is 11.7 Å². The first-order chi connectivity index (χ1) is 7.91. The highest BCUT2D eigenvalue weighted by molar-refractivity contribution is 9.10. The normalized spacial score (nSPS) is 13.6. The molecule has 17 heavy (non-hydrogen) atoms. The molecular formula is C11H22BrN5. The van der Waals surface area contributed by atoms with Crippen LogP contribution in [-0.4, -0.2) is 60.9 Å². The van der Waals surface area contributed by atoms with Gasteiger partial charge in [0.1, 0.15) is 0 Å². The molecule has 0 aliphatic carbocycles. The molecule has 1 atom stereocenters. The van der Waals surface area contributed by atoms with Crippen molar-refractivity contribution in [2.24, 2.45) is 5.73 Å². The van der Waals surface area contributed by atoms with Crippen LogP contribution in [-0.2, 0) is 6.54 Å². The Morgan fingerprint density at radius 2 is 2.00 bits per heavy atom. The monoisotopic (exact) mass is 303 g/mol. The van der Waals surface area contributed by atoms with Gasteiger partial charge in [-0.15, -0.1) is 0 Å². The van der Waals surface area contributed by atoms with Crippen molar-refractivity contribution >= 4 is 15.9 Å². The first-order valence-corrected chi connectivity index (χ1v) is 6.47. The highest BCUT2D eigenvalue weighted by Gasteiger charge is 2.17. The Morgan fingerprint density at radius 3 is 2.53 bits per heavy atom. The van der Waals surface area contributed by atoms with Gasteiger partial charge in [0.15, 0.2) is 0 Å². The molecule has 6 heteroatoms. The van der Waals surface area contributed by atoms with E-state index in [1.54, 1.807) is 0 Å². The summed E-state index contributed by atoms with van der Waals surface area (Å²) in [5, 5.41) is 4.36. The third-order valence-electron chi connectivity index (χ3n) is 2.51. The molecule has 1 heterocycles. The Morgan fingerprint density at radius 1 is 1.35 bits per heavy atom. The van der Waals surface area contributed by atoms with Gasteiger partial charge in [-0.05, 0) is 44.1 Å². The number of halogens is 1. The van der Waals surface area contributed by atoms with Crippen molar-refractivity contribution in [3.05, 3.63) is 16.4 Å². The second-order valence-corrected chi connectivity index (χ2v) is 5.63. The zero-order valence-electron chi connectivity index (χ0n) is 11.0. The zero-order chi connectivity index (χ0) is 13.0. The van der Waals surface area contributed by atoms with E-state index in [1.165, 1.54) is 0 Å². The number of aromatic nitrogens is 2. The van der Waals surface area contributed by atoms with Crippen molar-refractivity contribution in [2.45, 2.75) is 12.6 Å². The first-order valence-electron chi connectivity index (χ1n) is 5.68. The average molecular weight is 304 g/mol. The van der Waals surface area contributed by atoms with Crippen molar-refractivity contribution in [3.63, 3.8) is 0 Å². The van der Waals surface area contributed by atoms with E-state index in [-0.39, 0.29) is 6.04 Å². The molecule has 2 N–H and O–H groups in total. The zero-order valence-corrected chi connectivity index (χ0v) is 12.6. The minimum Gasteiger partial charge on any atom is -0.322 e. The quantitative estimate of drug-likeness (QED) is 0.843. The first kappa shape index (κ1) is 14.6. The summed E-state index contributed by atoms with van der Waals surface area (Å²) in [6.07, 6.45) is 1.82.